The van der Waals surface area contributed by atoms with Crippen molar-refractivity contribution in [2.24, 2.45) is 0 Å². The van der Waals surface area contributed by atoms with Crippen LogP contribution in [-0.4, -0.2) is 12.6 Å². The Morgan fingerprint density at radius 1 is 1.62 bits per heavy atom. The van der Waals surface area contributed by atoms with E-state index in [0.717, 1.165) is 0 Å². The number of carbonyl (C=O) groups excluding carboxylic acids is 1. The zero-order chi connectivity index (χ0) is 12.3. The molecule has 0 aliphatic carbocycles. The first-order chi connectivity index (χ1) is 7.40. The standard InChI is InChI=1S/C9H6F3NO3/c1-2-15-8(14)6-3-5(4-13)16-7(6)9(10,11)12/h3H,2H2,1H3. The molecular weight excluding hydrogens is 227 g/mol. The molecule has 0 amide bonds. The first-order valence-electron chi connectivity index (χ1n) is 4.18. The molecule has 0 unspecified atom stereocenters. The summed E-state index contributed by atoms with van der Waals surface area (Å²) in [7, 11) is 0. The van der Waals surface area contributed by atoms with Crippen molar-refractivity contribution in [3.05, 3.63) is 23.2 Å². The molecule has 0 saturated carbocycles. The lowest BCUT2D eigenvalue weighted by Gasteiger charge is -2.05. The van der Waals surface area contributed by atoms with E-state index in [4.69, 9.17) is 5.26 Å². The first-order valence-corrected chi connectivity index (χ1v) is 4.18. The molecule has 0 aliphatic rings. The van der Waals surface area contributed by atoms with Crippen LogP contribution in [0, 0.1) is 11.3 Å². The maximum absolute atomic E-state index is 12.4. The van der Waals surface area contributed by atoms with Crippen molar-refractivity contribution in [2.75, 3.05) is 6.61 Å². The first kappa shape index (κ1) is 12.1. The summed E-state index contributed by atoms with van der Waals surface area (Å²) in [6.45, 7) is 1.39. The molecule has 1 aromatic heterocycles. The number of ether oxygens (including phenoxy) is 1. The average Bonchev–Trinajstić information content (AvgIpc) is 2.61. The van der Waals surface area contributed by atoms with Gasteiger partial charge in [-0.15, -0.1) is 0 Å². The number of furan rings is 1. The number of esters is 1. The van der Waals surface area contributed by atoms with Gasteiger partial charge in [0, 0.05) is 6.07 Å². The van der Waals surface area contributed by atoms with E-state index in [0.29, 0.717) is 6.07 Å². The third-order valence-electron chi connectivity index (χ3n) is 1.60. The van der Waals surface area contributed by atoms with Crippen LogP contribution in [0.3, 0.4) is 0 Å². The Labute approximate surface area is 88.2 Å². The molecule has 0 fully saturated rings. The maximum Gasteiger partial charge on any atom is 0.450 e. The van der Waals surface area contributed by atoms with Crippen LogP contribution in [-0.2, 0) is 10.9 Å². The summed E-state index contributed by atoms with van der Waals surface area (Å²) in [6, 6.07) is 2.09. The summed E-state index contributed by atoms with van der Waals surface area (Å²) in [5.74, 6) is -3.27. The molecule has 0 spiro atoms. The zero-order valence-electron chi connectivity index (χ0n) is 8.09. The Hall–Kier alpha value is -1.97. The van der Waals surface area contributed by atoms with Crippen LogP contribution < -0.4 is 0 Å². The van der Waals surface area contributed by atoms with Crippen LogP contribution >= 0.6 is 0 Å². The van der Waals surface area contributed by atoms with E-state index in [1.54, 1.807) is 0 Å². The minimum absolute atomic E-state index is 0.0663. The minimum Gasteiger partial charge on any atom is -0.462 e. The Morgan fingerprint density at radius 3 is 2.69 bits per heavy atom. The highest BCUT2D eigenvalue weighted by Gasteiger charge is 2.40. The molecule has 16 heavy (non-hydrogen) atoms. The molecule has 1 heterocycles. The SMILES string of the molecule is CCOC(=O)c1cc(C#N)oc1C(F)(F)F. The second-order valence-electron chi connectivity index (χ2n) is 2.68. The predicted octanol–water partition coefficient (Wildman–Crippen LogP) is 2.35. The Balaban J connectivity index is 3.22. The van der Waals surface area contributed by atoms with Crippen molar-refractivity contribution < 1.29 is 27.1 Å². The van der Waals surface area contributed by atoms with E-state index >= 15 is 0 Å². The number of rotatable bonds is 2. The van der Waals surface area contributed by atoms with Gasteiger partial charge >= 0.3 is 12.1 Å². The van der Waals surface area contributed by atoms with E-state index in [-0.39, 0.29) is 6.61 Å². The molecule has 4 nitrogen and oxygen atoms in total. The molecule has 0 atom stereocenters. The smallest absolute Gasteiger partial charge is 0.450 e. The van der Waals surface area contributed by atoms with Gasteiger partial charge in [-0.1, -0.05) is 0 Å². The summed E-state index contributed by atoms with van der Waals surface area (Å²) in [5.41, 5.74) is -0.786. The highest BCUT2D eigenvalue weighted by molar-refractivity contribution is 5.91. The molecule has 0 bridgehead atoms. The average molecular weight is 233 g/mol. The van der Waals surface area contributed by atoms with Crippen LogP contribution in [0.2, 0.25) is 0 Å². The van der Waals surface area contributed by atoms with Gasteiger partial charge in [0.2, 0.25) is 11.5 Å². The van der Waals surface area contributed by atoms with Crippen molar-refractivity contribution in [3.63, 3.8) is 0 Å². The summed E-state index contributed by atoms with van der Waals surface area (Å²) in [5, 5.41) is 8.39. The number of alkyl halides is 3. The second kappa shape index (κ2) is 4.26. The molecule has 1 rings (SSSR count). The number of nitriles is 1. The van der Waals surface area contributed by atoms with Gasteiger partial charge in [0.15, 0.2) is 0 Å². The number of hydrogen-bond donors (Lipinski definition) is 0. The summed E-state index contributed by atoms with van der Waals surface area (Å²) < 4.78 is 45.8. The Kier molecular flexibility index (Phi) is 3.22. The number of nitrogens with zero attached hydrogens (tertiary/aromatic N) is 1. The van der Waals surface area contributed by atoms with Gasteiger partial charge in [0.1, 0.15) is 11.6 Å². The van der Waals surface area contributed by atoms with E-state index in [9.17, 15) is 18.0 Å². The van der Waals surface area contributed by atoms with Crippen LogP contribution in [0.5, 0.6) is 0 Å². The minimum atomic E-state index is -4.84. The number of hydrogen-bond acceptors (Lipinski definition) is 4. The lowest BCUT2D eigenvalue weighted by atomic mass is 10.2. The van der Waals surface area contributed by atoms with Crippen molar-refractivity contribution in [2.45, 2.75) is 13.1 Å². The van der Waals surface area contributed by atoms with E-state index in [1.165, 1.54) is 13.0 Å². The molecular formula is C9H6F3NO3. The fourth-order valence-electron chi connectivity index (χ4n) is 1.02. The van der Waals surface area contributed by atoms with Gasteiger partial charge in [0.05, 0.1) is 6.61 Å². The molecule has 1 aromatic rings. The zero-order valence-corrected chi connectivity index (χ0v) is 8.09. The van der Waals surface area contributed by atoms with Gasteiger partial charge in [-0.05, 0) is 6.92 Å². The Bertz CT molecular complexity index is 442. The van der Waals surface area contributed by atoms with Gasteiger partial charge < -0.3 is 9.15 Å². The van der Waals surface area contributed by atoms with E-state index in [1.807, 2.05) is 0 Å². The molecule has 7 heteroatoms. The Morgan fingerprint density at radius 2 is 2.25 bits per heavy atom. The van der Waals surface area contributed by atoms with E-state index < -0.39 is 29.2 Å². The summed E-state index contributed by atoms with van der Waals surface area (Å²) >= 11 is 0. The molecule has 0 aliphatic heterocycles. The van der Waals surface area contributed by atoms with Gasteiger partial charge in [0.25, 0.3) is 0 Å². The molecule has 0 radical (unpaired) electrons. The largest absolute Gasteiger partial charge is 0.462 e. The fraction of sp³-hybridized carbons (Fsp3) is 0.333. The van der Waals surface area contributed by atoms with Gasteiger partial charge in [-0.3, -0.25) is 0 Å². The topological polar surface area (TPSA) is 63.2 Å². The van der Waals surface area contributed by atoms with Crippen molar-refractivity contribution >= 4 is 5.97 Å². The molecule has 86 valence electrons. The van der Waals surface area contributed by atoms with Gasteiger partial charge in [-0.25, -0.2) is 4.79 Å². The molecule has 0 N–H and O–H groups in total. The fourth-order valence-corrected chi connectivity index (χ4v) is 1.02. The normalized spacial score (nSPS) is 10.9. The number of carbonyl (C=O) groups is 1. The van der Waals surface area contributed by atoms with Crippen LogP contribution in [0.1, 0.15) is 28.8 Å². The highest BCUT2D eigenvalue weighted by atomic mass is 19.4. The summed E-state index contributed by atoms with van der Waals surface area (Å²) in [4.78, 5) is 11.1. The second-order valence-corrected chi connectivity index (χ2v) is 2.68. The third-order valence-corrected chi connectivity index (χ3v) is 1.60. The van der Waals surface area contributed by atoms with Crippen LogP contribution in [0.25, 0.3) is 0 Å². The lowest BCUT2D eigenvalue weighted by molar-refractivity contribution is -0.153. The molecule has 0 aromatic carbocycles. The monoisotopic (exact) mass is 233 g/mol. The van der Waals surface area contributed by atoms with Crippen molar-refractivity contribution in [1.82, 2.24) is 0 Å². The quantitative estimate of drug-likeness (QED) is 0.735. The number of halogens is 3. The highest BCUT2D eigenvalue weighted by Crippen LogP contribution is 2.34. The van der Waals surface area contributed by atoms with Crippen molar-refractivity contribution in [3.8, 4) is 6.07 Å². The maximum atomic E-state index is 12.4. The third kappa shape index (κ3) is 2.34. The van der Waals surface area contributed by atoms with Crippen molar-refractivity contribution in [1.29, 1.82) is 5.26 Å². The summed E-state index contributed by atoms with van der Waals surface area (Å²) in [6.07, 6.45) is -4.84. The van der Waals surface area contributed by atoms with Crippen LogP contribution in [0.15, 0.2) is 10.5 Å². The van der Waals surface area contributed by atoms with Gasteiger partial charge in [-0.2, -0.15) is 18.4 Å². The van der Waals surface area contributed by atoms with Crippen LogP contribution in [0.4, 0.5) is 13.2 Å². The lowest BCUT2D eigenvalue weighted by Crippen LogP contribution is -2.12. The molecule has 0 saturated heterocycles. The predicted molar refractivity (Wildman–Crippen MR) is 44.4 cm³/mol. The van der Waals surface area contributed by atoms with E-state index in [2.05, 4.69) is 9.15 Å².